The van der Waals surface area contributed by atoms with E-state index in [1.54, 1.807) is 0 Å². The largest absolute Gasteiger partial charge is 0.299 e. The molecular weight excluding hydrogens is 176 g/mol. The maximum absolute atomic E-state index is 11.4. The molecule has 1 atom stereocenters. The number of rotatable bonds is 5. The van der Waals surface area contributed by atoms with Crippen LogP contribution in [0.2, 0.25) is 0 Å². The average molecular weight is 196 g/mol. The Labute approximate surface area is 86.1 Å². The van der Waals surface area contributed by atoms with Gasteiger partial charge in [0.25, 0.3) is 0 Å². The molecule has 14 heavy (non-hydrogen) atoms. The first-order chi connectivity index (χ1) is 6.74. The van der Waals surface area contributed by atoms with Gasteiger partial charge in [-0.3, -0.25) is 9.59 Å². The summed E-state index contributed by atoms with van der Waals surface area (Å²) in [6.45, 7) is 2.18. The van der Waals surface area contributed by atoms with Crippen molar-refractivity contribution in [2.45, 2.75) is 58.3 Å². The van der Waals surface area contributed by atoms with Crippen molar-refractivity contribution in [3.63, 3.8) is 0 Å². The maximum atomic E-state index is 11.4. The second kappa shape index (κ2) is 5.94. The summed E-state index contributed by atoms with van der Waals surface area (Å²) in [6, 6.07) is 0. The van der Waals surface area contributed by atoms with Gasteiger partial charge in [-0.2, -0.15) is 0 Å². The van der Waals surface area contributed by atoms with Gasteiger partial charge in [0.05, 0.1) is 6.42 Å². The number of hydrogen-bond donors (Lipinski definition) is 0. The fourth-order valence-electron chi connectivity index (χ4n) is 2.05. The fourth-order valence-corrected chi connectivity index (χ4v) is 2.05. The summed E-state index contributed by atoms with van der Waals surface area (Å²) < 4.78 is 0. The van der Waals surface area contributed by atoms with Crippen LogP contribution in [-0.2, 0) is 9.59 Å². The molecule has 2 nitrogen and oxygen atoms in total. The van der Waals surface area contributed by atoms with Gasteiger partial charge in [-0.1, -0.05) is 32.6 Å². The Kier molecular flexibility index (Phi) is 4.85. The number of hydrogen-bond acceptors (Lipinski definition) is 2. The van der Waals surface area contributed by atoms with Crippen LogP contribution in [0.4, 0.5) is 0 Å². The Hall–Kier alpha value is -0.660. The van der Waals surface area contributed by atoms with Crippen molar-refractivity contribution < 1.29 is 9.59 Å². The number of unbranched alkanes of at least 4 members (excludes halogenated alkanes) is 3. The van der Waals surface area contributed by atoms with Gasteiger partial charge in [-0.25, -0.2) is 0 Å². The van der Waals surface area contributed by atoms with Crippen LogP contribution < -0.4 is 0 Å². The van der Waals surface area contributed by atoms with E-state index in [2.05, 4.69) is 6.92 Å². The minimum absolute atomic E-state index is 0.139. The van der Waals surface area contributed by atoms with E-state index in [-0.39, 0.29) is 23.9 Å². The van der Waals surface area contributed by atoms with Gasteiger partial charge in [0, 0.05) is 12.3 Å². The standard InChI is InChI=1S/C12H20O2/c1-2-3-4-5-6-10-7-8-11(13)9-12(10)14/h10H,2-9H2,1H3. The van der Waals surface area contributed by atoms with Crippen molar-refractivity contribution in [1.29, 1.82) is 0 Å². The molecule has 0 heterocycles. The highest BCUT2D eigenvalue weighted by molar-refractivity contribution is 6.02. The van der Waals surface area contributed by atoms with Crippen molar-refractivity contribution in [3.8, 4) is 0 Å². The highest BCUT2D eigenvalue weighted by atomic mass is 16.1. The van der Waals surface area contributed by atoms with Gasteiger partial charge in [-0.05, 0) is 12.8 Å². The molecule has 0 radical (unpaired) electrons. The molecule has 0 aromatic carbocycles. The van der Waals surface area contributed by atoms with E-state index >= 15 is 0 Å². The Bertz CT molecular complexity index is 208. The Morgan fingerprint density at radius 1 is 1.21 bits per heavy atom. The van der Waals surface area contributed by atoms with Crippen LogP contribution in [0.1, 0.15) is 58.3 Å². The Morgan fingerprint density at radius 3 is 2.64 bits per heavy atom. The SMILES string of the molecule is CCCCCCC1CCC(=O)CC1=O. The lowest BCUT2D eigenvalue weighted by molar-refractivity contribution is -0.132. The predicted octanol–water partition coefficient (Wildman–Crippen LogP) is 2.90. The van der Waals surface area contributed by atoms with E-state index < -0.39 is 0 Å². The van der Waals surface area contributed by atoms with Crippen LogP contribution in [0.25, 0.3) is 0 Å². The highest BCUT2D eigenvalue weighted by Crippen LogP contribution is 2.23. The fraction of sp³-hybridized carbons (Fsp3) is 0.833. The normalized spacial score (nSPS) is 22.8. The van der Waals surface area contributed by atoms with E-state index in [1.165, 1.54) is 19.3 Å². The van der Waals surface area contributed by atoms with Crippen molar-refractivity contribution in [1.82, 2.24) is 0 Å². The van der Waals surface area contributed by atoms with Gasteiger partial charge in [0.2, 0.25) is 0 Å². The number of carbonyl (C=O) groups is 2. The summed E-state index contributed by atoms with van der Waals surface area (Å²) in [5.74, 6) is 0.530. The van der Waals surface area contributed by atoms with Crippen molar-refractivity contribution in [2.75, 3.05) is 0 Å². The van der Waals surface area contributed by atoms with Gasteiger partial charge < -0.3 is 0 Å². The summed E-state index contributed by atoms with van der Waals surface area (Å²) in [4.78, 5) is 22.4. The van der Waals surface area contributed by atoms with Crippen LogP contribution in [0.3, 0.4) is 0 Å². The lowest BCUT2D eigenvalue weighted by Crippen LogP contribution is -2.24. The monoisotopic (exact) mass is 196 g/mol. The summed E-state index contributed by atoms with van der Waals surface area (Å²) in [5, 5.41) is 0. The van der Waals surface area contributed by atoms with Crippen LogP contribution in [-0.4, -0.2) is 11.6 Å². The molecule has 1 rings (SSSR count). The average Bonchev–Trinajstić information content (AvgIpc) is 2.15. The van der Waals surface area contributed by atoms with Gasteiger partial charge in [0.15, 0.2) is 0 Å². The zero-order valence-electron chi connectivity index (χ0n) is 9.05. The topological polar surface area (TPSA) is 34.1 Å². The summed E-state index contributed by atoms with van der Waals surface area (Å²) >= 11 is 0. The second-order valence-electron chi connectivity index (χ2n) is 4.27. The molecule has 0 aliphatic heterocycles. The summed E-state index contributed by atoms with van der Waals surface area (Å²) in [5.41, 5.74) is 0. The lowest BCUT2D eigenvalue weighted by Gasteiger charge is -2.19. The van der Waals surface area contributed by atoms with Crippen molar-refractivity contribution in [2.24, 2.45) is 5.92 Å². The second-order valence-corrected chi connectivity index (χ2v) is 4.27. The highest BCUT2D eigenvalue weighted by Gasteiger charge is 2.25. The van der Waals surface area contributed by atoms with Gasteiger partial charge >= 0.3 is 0 Å². The van der Waals surface area contributed by atoms with Crippen LogP contribution in [0.5, 0.6) is 0 Å². The molecule has 1 aliphatic rings. The molecule has 2 heteroatoms. The number of carbonyl (C=O) groups excluding carboxylic acids is 2. The van der Waals surface area contributed by atoms with Crippen LogP contribution in [0, 0.1) is 5.92 Å². The van der Waals surface area contributed by atoms with E-state index in [0.717, 1.165) is 19.3 Å². The van der Waals surface area contributed by atoms with Crippen molar-refractivity contribution >= 4 is 11.6 Å². The van der Waals surface area contributed by atoms with Crippen LogP contribution >= 0.6 is 0 Å². The van der Waals surface area contributed by atoms with Gasteiger partial charge in [-0.15, -0.1) is 0 Å². The molecule has 0 saturated heterocycles. The summed E-state index contributed by atoms with van der Waals surface area (Å²) in [6.07, 6.45) is 7.53. The maximum Gasteiger partial charge on any atom is 0.143 e. The minimum atomic E-state index is 0.139. The lowest BCUT2D eigenvalue weighted by atomic mass is 9.84. The zero-order valence-corrected chi connectivity index (χ0v) is 9.05. The molecule has 1 unspecified atom stereocenters. The predicted molar refractivity (Wildman–Crippen MR) is 56.1 cm³/mol. The number of ketones is 2. The minimum Gasteiger partial charge on any atom is -0.299 e. The zero-order chi connectivity index (χ0) is 10.4. The third-order valence-corrected chi connectivity index (χ3v) is 3.00. The van der Waals surface area contributed by atoms with Gasteiger partial charge in [0.1, 0.15) is 11.6 Å². The molecule has 0 aromatic heterocycles. The Balaban J connectivity index is 2.17. The van der Waals surface area contributed by atoms with E-state index in [0.29, 0.717) is 6.42 Å². The molecule has 0 aromatic rings. The molecule has 1 fully saturated rings. The van der Waals surface area contributed by atoms with Crippen LogP contribution in [0.15, 0.2) is 0 Å². The molecule has 1 aliphatic carbocycles. The molecule has 0 amide bonds. The Morgan fingerprint density at radius 2 is 2.00 bits per heavy atom. The first-order valence-corrected chi connectivity index (χ1v) is 5.78. The first-order valence-electron chi connectivity index (χ1n) is 5.78. The third-order valence-electron chi connectivity index (χ3n) is 3.00. The first kappa shape index (κ1) is 11.4. The molecule has 0 spiro atoms. The molecule has 80 valence electrons. The smallest absolute Gasteiger partial charge is 0.143 e. The quantitative estimate of drug-likeness (QED) is 0.500. The molecular formula is C12H20O2. The number of Topliss-reactive ketones (excluding diaryl/α,β-unsaturated/α-hetero) is 2. The summed E-state index contributed by atoms with van der Waals surface area (Å²) in [7, 11) is 0. The molecule has 1 saturated carbocycles. The van der Waals surface area contributed by atoms with E-state index in [4.69, 9.17) is 0 Å². The van der Waals surface area contributed by atoms with E-state index in [9.17, 15) is 9.59 Å². The van der Waals surface area contributed by atoms with E-state index in [1.807, 2.05) is 0 Å². The molecule has 0 N–H and O–H groups in total. The molecule has 0 bridgehead atoms. The third kappa shape index (κ3) is 3.60. The van der Waals surface area contributed by atoms with Crippen molar-refractivity contribution in [3.05, 3.63) is 0 Å².